The van der Waals surface area contributed by atoms with Crippen molar-refractivity contribution in [2.45, 2.75) is 25.1 Å². The first-order valence-corrected chi connectivity index (χ1v) is 11.3. The van der Waals surface area contributed by atoms with E-state index >= 15 is 0 Å². The van der Waals surface area contributed by atoms with Crippen molar-refractivity contribution in [2.75, 3.05) is 24.2 Å². The predicted octanol–water partition coefficient (Wildman–Crippen LogP) is 5.66. The Bertz CT molecular complexity index is 1010. The molecule has 3 aromatic rings. The molecule has 0 bridgehead atoms. The molecule has 1 amide bonds. The average Bonchev–Trinajstić information content (AvgIpc) is 2.72. The number of carbonyl (C=O) groups is 1. The van der Waals surface area contributed by atoms with Gasteiger partial charge in [0, 0.05) is 47.6 Å². The summed E-state index contributed by atoms with van der Waals surface area (Å²) in [4.78, 5) is 19.0. The van der Waals surface area contributed by atoms with Crippen LogP contribution in [0.2, 0.25) is 5.02 Å². The third-order valence-corrected chi connectivity index (χ3v) is 6.67. The molecule has 0 aliphatic carbocycles. The second kappa shape index (κ2) is 9.06. The van der Waals surface area contributed by atoms with E-state index in [1.807, 2.05) is 40.9 Å². The van der Waals surface area contributed by atoms with Crippen LogP contribution in [0.1, 0.15) is 29.3 Å². The van der Waals surface area contributed by atoms with E-state index < -0.39 is 0 Å². The number of benzene rings is 2. The molecule has 29 heavy (non-hydrogen) atoms. The Morgan fingerprint density at radius 2 is 2.03 bits per heavy atom. The van der Waals surface area contributed by atoms with Gasteiger partial charge in [-0.1, -0.05) is 41.4 Å². The Morgan fingerprint density at radius 1 is 1.21 bits per heavy atom. The van der Waals surface area contributed by atoms with Crippen molar-refractivity contribution in [2.24, 2.45) is 0 Å². The summed E-state index contributed by atoms with van der Waals surface area (Å²) in [6.45, 7) is 3.62. The van der Waals surface area contributed by atoms with E-state index in [9.17, 15) is 4.79 Å². The Morgan fingerprint density at radius 3 is 2.86 bits per heavy atom. The van der Waals surface area contributed by atoms with Gasteiger partial charge in [-0.3, -0.25) is 9.78 Å². The zero-order valence-corrected chi connectivity index (χ0v) is 18.0. The number of hydrogen-bond donors (Lipinski definition) is 1. The number of rotatable bonds is 6. The molecule has 2 aromatic carbocycles. The molecule has 2 heterocycles. The standard InChI is InChI=1S/C23H24ClN3OS/c1-16-3-5-17(6-4-16)23-27(22(28)10-14-29-23)13-2-11-25-20-9-12-26-21-15-18(24)7-8-19(20)21/h3-9,12,15,23H,2,10-11,13-14H2,1H3,(H,25,26). The molecule has 1 unspecified atom stereocenters. The number of pyridine rings is 1. The van der Waals surface area contributed by atoms with E-state index in [-0.39, 0.29) is 11.3 Å². The molecular weight excluding hydrogens is 402 g/mol. The molecule has 0 spiro atoms. The fourth-order valence-corrected chi connectivity index (χ4v) is 5.05. The average molecular weight is 426 g/mol. The zero-order chi connectivity index (χ0) is 20.2. The number of nitrogens with one attached hydrogen (secondary N) is 1. The predicted molar refractivity (Wildman–Crippen MR) is 123 cm³/mol. The Labute approximate surface area is 180 Å². The summed E-state index contributed by atoms with van der Waals surface area (Å²) in [5, 5.41) is 5.35. The van der Waals surface area contributed by atoms with Crippen molar-refractivity contribution >= 4 is 45.9 Å². The van der Waals surface area contributed by atoms with Gasteiger partial charge >= 0.3 is 0 Å². The number of halogens is 1. The number of aromatic nitrogens is 1. The second-order valence-electron chi connectivity index (χ2n) is 7.27. The van der Waals surface area contributed by atoms with Crippen LogP contribution < -0.4 is 5.32 Å². The summed E-state index contributed by atoms with van der Waals surface area (Å²) in [6, 6.07) is 16.3. The summed E-state index contributed by atoms with van der Waals surface area (Å²) in [5.41, 5.74) is 4.37. The largest absolute Gasteiger partial charge is 0.384 e. The Balaban J connectivity index is 1.40. The molecule has 1 aliphatic heterocycles. The van der Waals surface area contributed by atoms with Gasteiger partial charge in [0.1, 0.15) is 5.37 Å². The third-order valence-electron chi connectivity index (χ3n) is 5.15. The molecule has 4 nitrogen and oxygen atoms in total. The van der Waals surface area contributed by atoms with Gasteiger partial charge in [-0.25, -0.2) is 0 Å². The molecular formula is C23H24ClN3OS. The number of thioether (sulfide) groups is 1. The van der Waals surface area contributed by atoms with Gasteiger partial charge in [-0.15, -0.1) is 11.8 Å². The monoisotopic (exact) mass is 425 g/mol. The Kier molecular flexibility index (Phi) is 6.26. The minimum absolute atomic E-state index is 0.112. The second-order valence-corrected chi connectivity index (χ2v) is 8.90. The van der Waals surface area contributed by atoms with Crippen molar-refractivity contribution in [3.63, 3.8) is 0 Å². The maximum absolute atomic E-state index is 12.6. The van der Waals surface area contributed by atoms with Gasteiger partial charge in [-0.2, -0.15) is 0 Å². The van der Waals surface area contributed by atoms with Crippen LogP contribution in [-0.2, 0) is 4.79 Å². The molecule has 0 saturated carbocycles. The van der Waals surface area contributed by atoms with E-state index in [1.165, 1.54) is 11.1 Å². The topological polar surface area (TPSA) is 45.2 Å². The SMILES string of the molecule is Cc1ccc(C2SCCC(=O)N2CCCNc2ccnc3cc(Cl)ccc23)cc1. The maximum Gasteiger partial charge on any atom is 0.224 e. The number of fused-ring (bicyclic) bond motifs is 1. The maximum atomic E-state index is 12.6. The lowest BCUT2D eigenvalue weighted by Gasteiger charge is -2.35. The number of anilines is 1. The van der Waals surface area contributed by atoms with Gasteiger partial charge in [0.2, 0.25) is 5.91 Å². The van der Waals surface area contributed by atoms with Crippen LogP contribution in [-0.4, -0.2) is 34.6 Å². The van der Waals surface area contributed by atoms with Crippen LogP contribution >= 0.6 is 23.4 Å². The molecule has 1 atom stereocenters. The summed E-state index contributed by atoms with van der Waals surface area (Å²) < 4.78 is 0. The van der Waals surface area contributed by atoms with Crippen molar-refractivity contribution < 1.29 is 4.79 Å². The molecule has 1 aliphatic rings. The normalized spacial score (nSPS) is 17.0. The number of carbonyl (C=O) groups excluding carboxylic acids is 1. The summed E-state index contributed by atoms with van der Waals surface area (Å²) in [6.07, 6.45) is 3.29. The van der Waals surface area contributed by atoms with Crippen LogP contribution in [0.4, 0.5) is 5.69 Å². The smallest absolute Gasteiger partial charge is 0.224 e. The first kappa shape index (κ1) is 20.0. The van der Waals surface area contributed by atoms with Crippen molar-refractivity contribution in [1.29, 1.82) is 0 Å². The highest BCUT2D eigenvalue weighted by Gasteiger charge is 2.29. The summed E-state index contributed by atoms with van der Waals surface area (Å²) >= 11 is 7.93. The molecule has 0 radical (unpaired) electrons. The summed E-state index contributed by atoms with van der Waals surface area (Å²) in [7, 11) is 0. The highest BCUT2D eigenvalue weighted by Crippen LogP contribution is 2.37. The Hall–Kier alpha value is -2.24. The van der Waals surface area contributed by atoms with E-state index in [1.54, 1.807) is 6.20 Å². The van der Waals surface area contributed by atoms with Gasteiger partial charge in [-0.05, 0) is 43.2 Å². The molecule has 1 aromatic heterocycles. The van der Waals surface area contributed by atoms with Gasteiger partial charge in [0.15, 0.2) is 0 Å². The lowest BCUT2D eigenvalue weighted by molar-refractivity contribution is -0.132. The zero-order valence-electron chi connectivity index (χ0n) is 16.4. The fraction of sp³-hybridized carbons (Fsp3) is 0.304. The van der Waals surface area contributed by atoms with Crippen molar-refractivity contribution in [3.8, 4) is 0 Å². The number of nitrogens with zero attached hydrogens (tertiary/aromatic N) is 2. The van der Waals surface area contributed by atoms with Crippen LogP contribution in [0.5, 0.6) is 0 Å². The van der Waals surface area contributed by atoms with Crippen LogP contribution in [0.25, 0.3) is 10.9 Å². The van der Waals surface area contributed by atoms with Gasteiger partial charge in [0.05, 0.1) is 5.52 Å². The molecule has 1 fully saturated rings. The molecule has 1 N–H and O–H groups in total. The molecule has 6 heteroatoms. The minimum atomic E-state index is 0.112. The number of hydrogen-bond acceptors (Lipinski definition) is 4. The lowest BCUT2D eigenvalue weighted by Crippen LogP contribution is -2.38. The van der Waals surface area contributed by atoms with Gasteiger partial charge in [0.25, 0.3) is 0 Å². The lowest BCUT2D eigenvalue weighted by atomic mass is 10.1. The number of amides is 1. The van der Waals surface area contributed by atoms with E-state index in [0.717, 1.165) is 41.9 Å². The number of aryl methyl sites for hydroxylation is 1. The van der Waals surface area contributed by atoms with Crippen molar-refractivity contribution in [1.82, 2.24) is 9.88 Å². The molecule has 1 saturated heterocycles. The van der Waals surface area contributed by atoms with E-state index in [4.69, 9.17) is 11.6 Å². The highest BCUT2D eigenvalue weighted by atomic mass is 35.5. The summed E-state index contributed by atoms with van der Waals surface area (Å²) in [5.74, 6) is 1.14. The first-order valence-electron chi connectivity index (χ1n) is 9.87. The molecule has 150 valence electrons. The van der Waals surface area contributed by atoms with Crippen LogP contribution in [0.15, 0.2) is 54.7 Å². The van der Waals surface area contributed by atoms with Gasteiger partial charge < -0.3 is 10.2 Å². The van der Waals surface area contributed by atoms with E-state index in [2.05, 4.69) is 41.5 Å². The van der Waals surface area contributed by atoms with Crippen LogP contribution in [0, 0.1) is 6.92 Å². The quantitative estimate of drug-likeness (QED) is 0.517. The minimum Gasteiger partial charge on any atom is -0.384 e. The molecule has 4 rings (SSSR count). The third kappa shape index (κ3) is 4.68. The highest BCUT2D eigenvalue weighted by molar-refractivity contribution is 7.99. The van der Waals surface area contributed by atoms with E-state index in [0.29, 0.717) is 11.4 Å². The fourth-order valence-electron chi connectivity index (χ4n) is 3.62. The van der Waals surface area contributed by atoms with Crippen LogP contribution in [0.3, 0.4) is 0 Å². The van der Waals surface area contributed by atoms with Crippen molar-refractivity contribution in [3.05, 3.63) is 70.9 Å². The first-order chi connectivity index (χ1) is 14.1.